The van der Waals surface area contributed by atoms with Crippen molar-refractivity contribution < 1.29 is 17.9 Å². The number of aliphatic imine (C=N–C) groups is 1. The van der Waals surface area contributed by atoms with Crippen LogP contribution in [0.2, 0.25) is 0 Å². The van der Waals surface area contributed by atoms with Crippen molar-refractivity contribution in [1.82, 2.24) is 15.6 Å². The molecule has 2 atom stereocenters. The Hall–Kier alpha value is -1.68. The number of thiazole rings is 1. The molecular weight excluding hydrogens is 376 g/mol. The van der Waals surface area contributed by atoms with E-state index in [1.807, 2.05) is 6.92 Å². The van der Waals surface area contributed by atoms with Gasteiger partial charge in [0.1, 0.15) is 9.88 Å². The van der Waals surface area contributed by atoms with Crippen LogP contribution < -0.4 is 10.6 Å². The number of esters is 1. The normalized spacial score (nSPS) is 20.6. The van der Waals surface area contributed by atoms with Crippen LogP contribution in [0.15, 0.2) is 4.99 Å². The van der Waals surface area contributed by atoms with E-state index >= 15 is 0 Å². The van der Waals surface area contributed by atoms with Gasteiger partial charge in [0.25, 0.3) is 0 Å². The predicted octanol–water partition coefficient (Wildman–Crippen LogP) is 1.29. The molecule has 1 saturated heterocycles. The first-order chi connectivity index (χ1) is 12.3. The number of nitrogens with zero attached hydrogens (tertiary/aromatic N) is 2. The van der Waals surface area contributed by atoms with E-state index in [2.05, 4.69) is 20.6 Å². The Kier molecular flexibility index (Phi) is 6.99. The van der Waals surface area contributed by atoms with Gasteiger partial charge in [0.05, 0.1) is 29.8 Å². The number of guanidine groups is 1. The van der Waals surface area contributed by atoms with Crippen LogP contribution in [0.3, 0.4) is 0 Å². The van der Waals surface area contributed by atoms with Gasteiger partial charge in [0.15, 0.2) is 15.8 Å². The van der Waals surface area contributed by atoms with E-state index in [0.29, 0.717) is 36.1 Å². The molecule has 0 amide bonds. The zero-order chi connectivity index (χ0) is 19.3. The molecule has 0 bridgehead atoms. The van der Waals surface area contributed by atoms with E-state index in [-0.39, 0.29) is 29.4 Å². The summed E-state index contributed by atoms with van der Waals surface area (Å²) in [4.78, 5) is 21.1. The molecule has 1 aliphatic rings. The summed E-state index contributed by atoms with van der Waals surface area (Å²) in [5.41, 5.74) is 0.649. The van der Waals surface area contributed by atoms with E-state index in [1.165, 1.54) is 11.3 Å². The summed E-state index contributed by atoms with van der Waals surface area (Å²) >= 11 is 1.30. The van der Waals surface area contributed by atoms with Crippen LogP contribution in [-0.4, -0.2) is 57.0 Å². The lowest BCUT2D eigenvalue weighted by molar-refractivity contribution is 0.0531. The number of rotatable bonds is 6. The Morgan fingerprint density at radius 3 is 2.81 bits per heavy atom. The van der Waals surface area contributed by atoms with Crippen LogP contribution in [0, 0.1) is 12.8 Å². The first-order valence-electron chi connectivity index (χ1n) is 8.57. The third kappa shape index (κ3) is 5.41. The fraction of sp³-hybridized carbons (Fsp3) is 0.688. The number of sulfone groups is 1. The van der Waals surface area contributed by atoms with Gasteiger partial charge in [-0.3, -0.25) is 4.99 Å². The molecule has 2 heterocycles. The second-order valence-electron chi connectivity index (χ2n) is 6.28. The highest BCUT2D eigenvalue weighted by Gasteiger charge is 2.28. The van der Waals surface area contributed by atoms with Crippen LogP contribution in [0.1, 0.15) is 46.7 Å². The standard InChI is InChI=1S/C16H26N4O4S2/c1-5-24-15(21)13-10(2)19-14(25-13)11(3)20-16(17-4)18-8-12-6-7-26(22,23)9-12/h11-12H,5-9H2,1-4H3,(H2,17,18,20). The van der Waals surface area contributed by atoms with Gasteiger partial charge in [-0.1, -0.05) is 0 Å². The topological polar surface area (TPSA) is 110 Å². The molecule has 10 heteroatoms. The number of hydrogen-bond donors (Lipinski definition) is 2. The Morgan fingerprint density at radius 2 is 2.23 bits per heavy atom. The number of ether oxygens (including phenoxy) is 1. The summed E-state index contributed by atoms with van der Waals surface area (Å²) < 4.78 is 28.1. The Bertz CT molecular complexity index is 773. The fourth-order valence-electron chi connectivity index (χ4n) is 2.72. The van der Waals surface area contributed by atoms with Crippen molar-refractivity contribution in [2.24, 2.45) is 10.9 Å². The number of carbonyl (C=O) groups excluding carboxylic acids is 1. The highest BCUT2D eigenvalue weighted by atomic mass is 32.2. The smallest absolute Gasteiger partial charge is 0.350 e. The zero-order valence-corrected chi connectivity index (χ0v) is 17.2. The van der Waals surface area contributed by atoms with Gasteiger partial charge < -0.3 is 15.4 Å². The monoisotopic (exact) mass is 402 g/mol. The molecule has 0 aromatic carbocycles. The molecular formula is C16H26N4O4S2. The lowest BCUT2D eigenvalue weighted by Gasteiger charge is -2.17. The fourth-order valence-corrected chi connectivity index (χ4v) is 5.55. The predicted molar refractivity (Wildman–Crippen MR) is 102 cm³/mol. The molecule has 1 aliphatic heterocycles. The first kappa shape index (κ1) is 20.6. The summed E-state index contributed by atoms with van der Waals surface area (Å²) in [6.07, 6.45) is 0.677. The van der Waals surface area contributed by atoms with Gasteiger partial charge in [-0.05, 0) is 33.1 Å². The number of carbonyl (C=O) groups is 1. The number of aromatic nitrogens is 1. The average molecular weight is 403 g/mol. The highest BCUT2D eigenvalue weighted by molar-refractivity contribution is 7.91. The summed E-state index contributed by atoms with van der Waals surface area (Å²) in [7, 11) is -1.23. The lowest BCUT2D eigenvalue weighted by atomic mass is 10.1. The SMILES string of the molecule is CCOC(=O)c1sc(C(C)NC(=NC)NCC2CCS(=O)(=O)C2)nc1C. The molecule has 1 fully saturated rings. The van der Waals surface area contributed by atoms with Crippen LogP contribution in [-0.2, 0) is 14.6 Å². The summed E-state index contributed by atoms with van der Waals surface area (Å²) in [6, 6.07) is -0.152. The molecule has 0 radical (unpaired) electrons. The molecule has 1 aromatic heterocycles. The minimum Gasteiger partial charge on any atom is -0.462 e. The third-order valence-electron chi connectivity index (χ3n) is 4.11. The molecule has 8 nitrogen and oxygen atoms in total. The molecule has 0 saturated carbocycles. The van der Waals surface area contributed by atoms with E-state index in [1.54, 1.807) is 20.9 Å². The maximum absolute atomic E-state index is 11.9. The van der Waals surface area contributed by atoms with Crippen molar-refractivity contribution in [1.29, 1.82) is 0 Å². The molecule has 0 aliphatic carbocycles. The molecule has 146 valence electrons. The summed E-state index contributed by atoms with van der Waals surface area (Å²) in [5, 5.41) is 7.16. The molecule has 2 rings (SSSR count). The maximum atomic E-state index is 11.9. The van der Waals surface area contributed by atoms with E-state index in [0.717, 1.165) is 5.01 Å². The van der Waals surface area contributed by atoms with Crippen LogP contribution in [0.4, 0.5) is 0 Å². The van der Waals surface area contributed by atoms with Crippen molar-refractivity contribution in [2.45, 2.75) is 33.2 Å². The number of aryl methyl sites for hydroxylation is 1. The van der Waals surface area contributed by atoms with Crippen molar-refractivity contribution in [2.75, 3.05) is 31.7 Å². The average Bonchev–Trinajstić information content (AvgIpc) is 3.13. The maximum Gasteiger partial charge on any atom is 0.350 e. The Labute approximate surface area is 158 Å². The molecule has 2 unspecified atom stereocenters. The molecule has 0 spiro atoms. The summed E-state index contributed by atoms with van der Waals surface area (Å²) in [6.45, 7) is 6.36. The minimum atomic E-state index is -2.88. The zero-order valence-electron chi connectivity index (χ0n) is 15.5. The van der Waals surface area contributed by atoms with Gasteiger partial charge in [-0.15, -0.1) is 11.3 Å². The molecule has 26 heavy (non-hydrogen) atoms. The lowest BCUT2D eigenvalue weighted by Crippen LogP contribution is -2.41. The van der Waals surface area contributed by atoms with E-state index in [4.69, 9.17) is 4.74 Å². The van der Waals surface area contributed by atoms with E-state index < -0.39 is 9.84 Å². The largest absolute Gasteiger partial charge is 0.462 e. The number of hydrogen-bond acceptors (Lipinski definition) is 7. The van der Waals surface area contributed by atoms with Gasteiger partial charge in [0, 0.05) is 13.6 Å². The van der Waals surface area contributed by atoms with Crippen LogP contribution >= 0.6 is 11.3 Å². The second kappa shape index (κ2) is 8.81. The van der Waals surface area contributed by atoms with Crippen molar-refractivity contribution in [3.05, 3.63) is 15.6 Å². The highest BCUT2D eigenvalue weighted by Crippen LogP contribution is 2.24. The Balaban J connectivity index is 1.94. The molecule has 1 aromatic rings. The van der Waals surface area contributed by atoms with Crippen LogP contribution in [0.5, 0.6) is 0 Å². The van der Waals surface area contributed by atoms with Gasteiger partial charge >= 0.3 is 5.97 Å². The van der Waals surface area contributed by atoms with Crippen molar-refractivity contribution in [3.63, 3.8) is 0 Å². The molecule has 2 N–H and O–H groups in total. The van der Waals surface area contributed by atoms with Crippen molar-refractivity contribution >= 4 is 33.1 Å². The van der Waals surface area contributed by atoms with E-state index in [9.17, 15) is 13.2 Å². The quantitative estimate of drug-likeness (QED) is 0.419. The second-order valence-corrected chi connectivity index (χ2v) is 9.53. The van der Waals surface area contributed by atoms with Crippen molar-refractivity contribution in [3.8, 4) is 0 Å². The number of nitrogens with one attached hydrogen (secondary N) is 2. The summed E-state index contributed by atoms with van der Waals surface area (Å²) in [5.74, 6) is 0.808. The van der Waals surface area contributed by atoms with Gasteiger partial charge in [0.2, 0.25) is 0 Å². The minimum absolute atomic E-state index is 0.103. The van der Waals surface area contributed by atoms with Gasteiger partial charge in [-0.2, -0.15) is 0 Å². The third-order valence-corrected chi connectivity index (χ3v) is 7.26. The van der Waals surface area contributed by atoms with Crippen LogP contribution in [0.25, 0.3) is 0 Å². The Morgan fingerprint density at radius 1 is 1.50 bits per heavy atom. The van der Waals surface area contributed by atoms with Gasteiger partial charge in [-0.25, -0.2) is 18.2 Å². The first-order valence-corrected chi connectivity index (χ1v) is 11.2.